The maximum Gasteiger partial charge on any atom is 0.221 e. The van der Waals surface area contributed by atoms with Crippen molar-refractivity contribution in [3.05, 3.63) is 20.8 Å². The van der Waals surface area contributed by atoms with Gasteiger partial charge < -0.3 is 10.6 Å². The molecule has 2 rings (SSSR count). The minimum Gasteiger partial charge on any atom is -0.351 e. The van der Waals surface area contributed by atoms with Gasteiger partial charge in [0.15, 0.2) is 0 Å². The van der Waals surface area contributed by atoms with Crippen molar-refractivity contribution in [2.75, 3.05) is 18.1 Å². The van der Waals surface area contributed by atoms with E-state index in [0.29, 0.717) is 19.0 Å². The highest BCUT2D eigenvalue weighted by Gasteiger charge is 2.16. The molecule has 0 spiro atoms. The minimum atomic E-state index is 0. The molecule has 1 aromatic rings. The molecule has 0 aliphatic carbocycles. The molecule has 102 valence electrons. The van der Waals surface area contributed by atoms with Crippen LogP contribution in [0, 0.1) is 0 Å². The molecule has 7 heteroatoms. The average molecular weight is 372 g/mol. The Morgan fingerprint density at radius 2 is 2.44 bits per heavy atom. The Morgan fingerprint density at radius 1 is 1.61 bits per heavy atom. The van der Waals surface area contributed by atoms with Gasteiger partial charge in [-0.25, -0.2) is 0 Å². The lowest BCUT2D eigenvalue weighted by Crippen LogP contribution is -2.41. The molecule has 2 N–H and O–H groups in total. The second-order valence-electron chi connectivity index (χ2n) is 3.90. The Morgan fingerprint density at radius 3 is 3.06 bits per heavy atom. The van der Waals surface area contributed by atoms with Crippen LogP contribution in [-0.4, -0.2) is 30.0 Å². The second kappa shape index (κ2) is 8.43. The zero-order valence-corrected chi connectivity index (χ0v) is 13.8. The van der Waals surface area contributed by atoms with Gasteiger partial charge in [0.2, 0.25) is 5.91 Å². The largest absolute Gasteiger partial charge is 0.351 e. The summed E-state index contributed by atoms with van der Waals surface area (Å²) in [5.41, 5.74) is 0. The van der Waals surface area contributed by atoms with Crippen LogP contribution in [0.2, 0.25) is 0 Å². The van der Waals surface area contributed by atoms with Crippen molar-refractivity contribution in [2.24, 2.45) is 0 Å². The maximum absolute atomic E-state index is 11.7. The van der Waals surface area contributed by atoms with Gasteiger partial charge in [0.1, 0.15) is 0 Å². The normalized spacial score (nSPS) is 19.1. The van der Waals surface area contributed by atoms with Crippen LogP contribution < -0.4 is 10.6 Å². The third-order valence-electron chi connectivity index (χ3n) is 2.57. The predicted octanol–water partition coefficient (Wildman–Crippen LogP) is 2.64. The lowest BCUT2D eigenvalue weighted by Gasteiger charge is -2.22. The number of nitrogens with one attached hydrogen (secondary N) is 2. The van der Waals surface area contributed by atoms with Crippen LogP contribution >= 0.6 is 51.4 Å². The van der Waals surface area contributed by atoms with Gasteiger partial charge in [-0.3, -0.25) is 4.79 Å². The molecular weight excluding hydrogens is 356 g/mol. The highest BCUT2D eigenvalue weighted by molar-refractivity contribution is 9.10. The van der Waals surface area contributed by atoms with Crippen LogP contribution in [0.25, 0.3) is 0 Å². The van der Waals surface area contributed by atoms with Crippen LogP contribution in [0.3, 0.4) is 0 Å². The molecule has 1 saturated heterocycles. The van der Waals surface area contributed by atoms with Crippen molar-refractivity contribution in [1.29, 1.82) is 0 Å². The number of thioether (sulfide) groups is 1. The van der Waals surface area contributed by atoms with Crippen LogP contribution in [0.1, 0.15) is 11.3 Å². The molecule has 0 radical (unpaired) electrons. The lowest BCUT2D eigenvalue weighted by molar-refractivity contribution is -0.121. The molecule has 1 aromatic heterocycles. The topological polar surface area (TPSA) is 41.1 Å². The number of hydrogen-bond acceptors (Lipinski definition) is 4. The minimum absolute atomic E-state index is 0. The fourth-order valence-corrected chi connectivity index (χ4v) is 4.06. The number of halogens is 2. The standard InChI is InChI=1S/C11H15BrN2OS2.ClH/c12-9-1-3-17-10(9)6-14-11(15)5-8-7-16-4-2-13-8;/h1,3,8,13H,2,4-7H2,(H,14,15);1H. The molecule has 1 aliphatic heterocycles. The molecular formula is C11H16BrClN2OS2. The summed E-state index contributed by atoms with van der Waals surface area (Å²) in [6.45, 7) is 1.63. The van der Waals surface area contributed by atoms with Gasteiger partial charge >= 0.3 is 0 Å². The Hall–Kier alpha value is 0.250. The van der Waals surface area contributed by atoms with Crippen molar-refractivity contribution >= 4 is 57.3 Å². The molecule has 1 amide bonds. The van der Waals surface area contributed by atoms with Gasteiger partial charge in [0, 0.05) is 39.9 Å². The third kappa shape index (κ3) is 5.09. The maximum atomic E-state index is 11.7. The SMILES string of the molecule is Cl.O=C(CC1CSCCN1)NCc1sccc1Br. The van der Waals surface area contributed by atoms with E-state index in [4.69, 9.17) is 0 Å². The molecule has 1 aliphatic rings. The van der Waals surface area contributed by atoms with E-state index in [9.17, 15) is 4.79 Å². The smallest absolute Gasteiger partial charge is 0.221 e. The number of carbonyl (C=O) groups is 1. The predicted molar refractivity (Wildman–Crippen MR) is 84.8 cm³/mol. The molecule has 3 nitrogen and oxygen atoms in total. The Balaban J connectivity index is 0.00000162. The van der Waals surface area contributed by atoms with Crippen LogP contribution in [0.15, 0.2) is 15.9 Å². The summed E-state index contributed by atoms with van der Waals surface area (Å²) in [6.07, 6.45) is 0.579. The summed E-state index contributed by atoms with van der Waals surface area (Å²) in [4.78, 5) is 12.9. The number of carbonyl (C=O) groups excluding carboxylic acids is 1. The molecule has 0 saturated carbocycles. The molecule has 1 fully saturated rings. The van der Waals surface area contributed by atoms with E-state index in [1.807, 2.05) is 23.2 Å². The Bertz CT molecular complexity index is 383. The number of hydrogen-bond donors (Lipinski definition) is 2. The molecule has 18 heavy (non-hydrogen) atoms. The van der Waals surface area contributed by atoms with Gasteiger partial charge in [-0.2, -0.15) is 11.8 Å². The Kier molecular flexibility index (Phi) is 7.63. The molecule has 0 aromatic carbocycles. The molecule has 1 atom stereocenters. The van der Waals surface area contributed by atoms with E-state index in [1.54, 1.807) is 11.3 Å². The van der Waals surface area contributed by atoms with Crippen molar-refractivity contribution in [3.8, 4) is 0 Å². The molecule has 2 heterocycles. The van der Waals surface area contributed by atoms with Crippen LogP contribution in [0.4, 0.5) is 0 Å². The highest BCUT2D eigenvalue weighted by Crippen LogP contribution is 2.22. The zero-order valence-electron chi connectivity index (χ0n) is 9.78. The first-order valence-corrected chi connectivity index (χ1v) is 8.38. The summed E-state index contributed by atoms with van der Waals surface area (Å²) in [6, 6.07) is 2.34. The molecule has 0 bridgehead atoms. The lowest BCUT2D eigenvalue weighted by atomic mass is 10.2. The zero-order chi connectivity index (χ0) is 12.1. The summed E-state index contributed by atoms with van der Waals surface area (Å²) >= 11 is 7.03. The van der Waals surface area contributed by atoms with Gasteiger partial charge in [-0.1, -0.05) is 0 Å². The van der Waals surface area contributed by atoms with Gasteiger partial charge in [-0.15, -0.1) is 23.7 Å². The van der Waals surface area contributed by atoms with E-state index in [2.05, 4.69) is 26.6 Å². The van der Waals surface area contributed by atoms with E-state index >= 15 is 0 Å². The first kappa shape index (κ1) is 16.3. The van der Waals surface area contributed by atoms with Gasteiger partial charge in [0.25, 0.3) is 0 Å². The van der Waals surface area contributed by atoms with Crippen molar-refractivity contribution in [3.63, 3.8) is 0 Å². The fraction of sp³-hybridized carbons (Fsp3) is 0.545. The highest BCUT2D eigenvalue weighted by atomic mass is 79.9. The first-order valence-electron chi connectivity index (χ1n) is 5.55. The van der Waals surface area contributed by atoms with E-state index in [-0.39, 0.29) is 18.3 Å². The second-order valence-corrected chi connectivity index (χ2v) is 6.90. The summed E-state index contributed by atoms with van der Waals surface area (Å²) < 4.78 is 1.08. The summed E-state index contributed by atoms with van der Waals surface area (Å²) in [5, 5.41) is 8.35. The van der Waals surface area contributed by atoms with Crippen molar-refractivity contribution in [2.45, 2.75) is 19.0 Å². The summed E-state index contributed by atoms with van der Waals surface area (Å²) in [5.74, 6) is 2.32. The molecule has 1 unspecified atom stereocenters. The third-order valence-corrected chi connectivity index (χ3v) is 5.62. The van der Waals surface area contributed by atoms with E-state index in [0.717, 1.165) is 22.5 Å². The van der Waals surface area contributed by atoms with Crippen molar-refractivity contribution < 1.29 is 4.79 Å². The van der Waals surface area contributed by atoms with Gasteiger partial charge in [-0.05, 0) is 27.4 Å². The fourth-order valence-electron chi connectivity index (χ4n) is 1.68. The summed E-state index contributed by atoms with van der Waals surface area (Å²) in [7, 11) is 0. The van der Waals surface area contributed by atoms with Crippen LogP contribution in [-0.2, 0) is 11.3 Å². The quantitative estimate of drug-likeness (QED) is 0.855. The monoisotopic (exact) mass is 370 g/mol. The van der Waals surface area contributed by atoms with E-state index < -0.39 is 0 Å². The number of thiophene rings is 1. The Labute approximate surface area is 130 Å². The van der Waals surface area contributed by atoms with Crippen molar-refractivity contribution in [1.82, 2.24) is 10.6 Å². The van der Waals surface area contributed by atoms with Crippen LogP contribution in [0.5, 0.6) is 0 Å². The first-order chi connectivity index (χ1) is 8.25. The number of rotatable bonds is 4. The van der Waals surface area contributed by atoms with E-state index in [1.165, 1.54) is 4.88 Å². The number of amides is 1. The average Bonchev–Trinajstić information content (AvgIpc) is 2.74. The van der Waals surface area contributed by atoms with Gasteiger partial charge in [0.05, 0.1) is 6.54 Å².